The molecule has 1 saturated heterocycles. The van der Waals surface area contributed by atoms with Crippen molar-refractivity contribution in [1.82, 2.24) is 19.4 Å². The lowest BCUT2D eigenvalue weighted by Crippen LogP contribution is -2.54. The summed E-state index contributed by atoms with van der Waals surface area (Å²) in [4.78, 5) is 54.6. The zero-order chi connectivity index (χ0) is 32.9. The quantitative estimate of drug-likeness (QED) is 0.295. The smallest absolute Gasteiger partial charge is 0.355 e. The van der Waals surface area contributed by atoms with E-state index in [-0.39, 0.29) is 64.6 Å². The predicted molar refractivity (Wildman–Crippen MR) is 175 cm³/mol. The van der Waals surface area contributed by atoms with Crippen LogP contribution < -0.4 is 15.5 Å². The topological polar surface area (TPSA) is 91.6 Å². The van der Waals surface area contributed by atoms with Gasteiger partial charge in [0, 0.05) is 57.7 Å². The normalized spacial score (nSPS) is 17.0. The van der Waals surface area contributed by atoms with Gasteiger partial charge in [0.25, 0.3) is 0 Å². The maximum absolute atomic E-state index is 16.3. The van der Waals surface area contributed by atoms with Gasteiger partial charge >= 0.3 is 5.69 Å². The molecule has 11 heteroatoms. The van der Waals surface area contributed by atoms with E-state index < -0.39 is 17.3 Å². The van der Waals surface area contributed by atoms with Gasteiger partial charge in [-0.25, -0.2) is 23.1 Å². The Kier molecular flexibility index (Phi) is 8.18. The molecule has 0 radical (unpaired) electrons. The van der Waals surface area contributed by atoms with Crippen LogP contribution in [0.5, 0.6) is 0 Å². The SMILES string of the molecule is C=CC(=O)N1CCN(c2nc(=O)n3c4nc(c(F)cc24)-c2c(F)cccc2CC(=O)CCN(C)c2cccc(C(C)C)c2-3)[C@@H](C)C1. The van der Waals surface area contributed by atoms with Gasteiger partial charge in [0.1, 0.15) is 28.9 Å². The lowest BCUT2D eigenvalue weighted by molar-refractivity contribution is -0.126. The van der Waals surface area contributed by atoms with Gasteiger partial charge in [0.05, 0.1) is 16.8 Å². The van der Waals surface area contributed by atoms with Crippen molar-refractivity contribution < 1.29 is 18.4 Å². The van der Waals surface area contributed by atoms with E-state index in [1.807, 2.05) is 55.8 Å². The molecule has 1 fully saturated rings. The number of amides is 1. The number of carbonyl (C=O) groups is 2. The Morgan fingerprint density at radius 3 is 2.52 bits per heavy atom. The number of Topliss-reactive ketones (excluding diaryl/α,β-unsaturated/α-hetero) is 1. The van der Waals surface area contributed by atoms with Crippen LogP contribution in [0.1, 0.15) is 44.2 Å². The lowest BCUT2D eigenvalue weighted by atomic mass is 9.97. The number of fused-ring (bicyclic) bond motifs is 5. The third kappa shape index (κ3) is 5.33. The molecule has 2 aliphatic heterocycles. The second kappa shape index (κ2) is 12.1. The summed E-state index contributed by atoms with van der Waals surface area (Å²) in [5.41, 5.74) is 1.43. The highest BCUT2D eigenvalue weighted by molar-refractivity contribution is 5.93. The van der Waals surface area contributed by atoms with Gasteiger partial charge in [-0.15, -0.1) is 0 Å². The number of nitrogens with zero attached hydrogens (tertiary/aromatic N) is 6. The van der Waals surface area contributed by atoms with Crippen LogP contribution in [0.2, 0.25) is 0 Å². The Balaban J connectivity index is 1.71. The molecule has 0 aliphatic carbocycles. The second-order valence-corrected chi connectivity index (χ2v) is 12.3. The predicted octanol–water partition coefficient (Wildman–Crippen LogP) is 5.02. The van der Waals surface area contributed by atoms with Gasteiger partial charge in [-0.2, -0.15) is 4.98 Å². The van der Waals surface area contributed by atoms with Crippen molar-refractivity contribution >= 4 is 34.2 Å². The molecule has 2 aromatic heterocycles. The number of para-hydroxylation sites is 1. The fraction of sp³-hybridized carbons (Fsp3) is 0.343. The summed E-state index contributed by atoms with van der Waals surface area (Å²) >= 11 is 0. The van der Waals surface area contributed by atoms with Crippen molar-refractivity contribution in [1.29, 1.82) is 0 Å². The van der Waals surface area contributed by atoms with Crippen LogP contribution in [0.4, 0.5) is 20.3 Å². The zero-order valence-electron chi connectivity index (χ0n) is 26.4. The first-order valence-electron chi connectivity index (χ1n) is 15.4. The monoisotopic (exact) mass is 626 g/mol. The molecule has 238 valence electrons. The van der Waals surface area contributed by atoms with E-state index in [0.717, 1.165) is 5.56 Å². The number of hydrogen-bond donors (Lipinski definition) is 0. The van der Waals surface area contributed by atoms with E-state index >= 15 is 8.78 Å². The fourth-order valence-corrected chi connectivity index (χ4v) is 6.56. The van der Waals surface area contributed by atoms with Crippen LogP contribution in [0.25, 0.3) is 28.0 Å². The van der Waals surface area contributed by atoms with Crippen LogP contribution in [0.15, 0.2) is 59.9 Å². The summed E-state index contributed by atoms with van der Waals surface area (Å²) in [7, 11) is 1.85. The minimum absolute atomic E-state index is 0.0316. The van der Waals surface area contributed by atoms with E-state index in [9.17, 15) is 14.4 Å². The number of halogens is 2. The van der Waals surface area contributed by atoms with E-state index in [1.54, 1.807) is 11.0 Å². The summed E-state index contributed by atoms with van der Waals surface area (Å²) in [5, 5.41) is 0.271. The average molecular weight is 627 g/mol. The Morgan fingerprint density at radius 2 is 1.80 bits per heavy atom. The molecule has 4 heterocycles. The largest absolute Gasteiger partial charge is 0.372 e. The molecule has 0 spiro atoms. The zero-order valence-corrected chi connectivity index (χ0v) is 26.4. The molecule has 2 bridgehead atoms. The second-order valence-electron chi connectivity index (χ2n) is 12.3. The van der Waals surface area contributed by atoms with E-state index in [2.05, 4.69) is 11.6 Å². The van der Waals surface area contributed by atoms with E-state index in [0.29, 0.717) is 43.1 Å². The van der Waals surface area contributed by atoms with E-state index in [4.69, 9.17) is 4.98 Å². The van der Waals surface area contributed by atoms with Crippen LogP contribution in [-0.4, -0.2) is 70.4 Å². The maximum Gasteiger partial charge on any atom is 0.355 e. The van der Waals surface area contributed by atoms with Crippen molar-refractivity contribution in [2.45, 2.75) is 45.6 Å². The standard InChI is InChI=1S/C35H36F2N6O3/c1-6-29(45)41-15-16-42(21(4)19-41)33-25-18-27(37)31-30-22(9-7-11-26(30)36)17-23(44)13-14-40(5)28-12-8-10-24(20(2)3)32(28)43(34(25)38-31)35(46)39-33/h6-12,18,20-21H,1,13-17,19H2,2-5H3/t21-/m0/s1. The molecule has 9 nitrogen and oxygen atoms in total. The number of carbonyl (C=O) groups excluding carboxylic acids is 2. The van der Waals surface area contributed by atoms with E-state index in [1.165, 1.54) is 28.8 Å². The molecule has 2 aliphatic rings. The van der Waals surface area contributed by atoms with Gasteiger partial charge in [-0.3, -0.25) is 9.59 Å². The molecule has 1 atom stereocenters. The molecule has 0 unspecified atom stereocenters. The van der Waals surface area contributed by atoms with Crippen molar-refractivity contribution in [3.63, 3.8) is 0 Å². The van der Waals surface area contributed by atoms with Crippen LogP contribution in [-0.2, 0) is 16.0 Å². The molecule has 0 saturated carbocycles. The Hall–Kier alpha value is -4.93. The third-order valence-electron chi connectivity index (χ3n) is 8.94. The lowest BCUT2D eigenvalue weighted by Gasteiger charge is -2.40. The number of rotatable bonds is 3. The number of aromatic nitrogens is 3. The van der Waals surface area contributed by atoms with Gasteiger partial charge in [0.2, 0.25) is 5.91 Å². The summed E-state index contributed by atoms with van der Waals surface area (Å²) < 4.78 is 33.3. The van der Waals surface area contributed by atoms with Gasteiger partial charge in [0.15, 0.2) is 5.65 Å². The van der Waals surface area contributed by atoms with Crippen molar-refractivity contribution in [2.24, 2.45) is 0 Å². The molecule has 1 amide bonds. The molecule has 6 rings (SSSR count). The first-order chi connectivity index (χ1) is 22.0. The van der Waals surface area contributed by atoms with Crippen LogP contribution in [0.3, 0.4) is 0 Å². The first kappa shape index (κ1) is 31.1. The molecule has 0 N–H and O–H groups in total. The van der Waals surface area contributed by atoms with Crippen molar-refractivity contribution in [3.05, 3.63) is 88.4 Å². The summed E-state index contributed by atoms with van der Waals surface area (Å²) in [6.07, 6.45) is 1.32. The summed E-state index contributed by atoms with van der Waals surface area (Å²) in [6, 6.07) is 11.0. The highest BCUT2D eigenvalue weighted by Gasteiger charge is 2.31. The van der Waals surface area contributed by atoms with Gasteiger partial charge in [-0.1, -0.05) is 44.7 Å². The fourth-order valence-electron chi connectivity index (χ4n) is 6.56. The molecular weight excluding hydrogens is 590 g/mol. The Labute approximate surface area is 265 Å². The number of benzene rings is 2. The van der Waals surface area contributed by atoms with Gasteiger partial charge < -0.3 is 14.7 Å². The molecule has 46 heavy (non-hydrogen) atoms. The highest BCUT2D eigenvalue weighted by atomic mass is 19.1. The van der Waals surface area contributed by atoms with Crippen LogP contribution in [0, 0.1) is 11.6 Å². The number of hydrogen-bond acceptors (Lipinski definition) is 7. The Bertz CT molecular complexity index is 1960. The number of anilines is 2. The molecule has 2 aromatic carbocycles. The summed E-state index contributed by atoms with van der Waals surface area (Å²) in [6.45, 7) is 10.9. The summed E-state index contributed by atoms with van der Waals surface area (Å²) in [5.74, 6) is -1.66. The minimum Gasteiger partial charge on any atom is -0.372 e. The minimum atomic E-state index is -0.808. The molecule has 4 aromatic rings. The maximum atomic E-state index is 16.3. The first-order valence-corrected chi connectivity index (χ1v) is 15.4. The van der Waals surface area contributed by atoms with Gasteiger partial charge in [-0.05, 0) is 48.2 Å². The van der Waals surface area contributed by atoms with Crippen molar-refractivity contribution in [2.75, 3.05) is 43.0 Å². The van der Waals surface area contributed by atoms with Crippen molar-refractivity contribution in [3.8, 4) is 16.9 Å². The average Bonchev–Trinajstić information content (AvgIpc) is 3.03. The van der Waals surface area contributed by atoms with Crippen LogP contribution >= 0.6 is 0 Å². The highest BCUT2D eigenvalue weighted by Crippen LogP contribution is 2.38. The third-order valence-corrected chi connectivity index (χ3v) is 8.94. The number of ketones is 1. The Morgan fingerprint density at radius 1 is 1.04 bits per heavy atom. The number of pyridine rings is 1. The number of piperazine rings is 1. The molecular formula is C35H36F2N6O3.